The number of carbonyl (C=O) groups excluding carboxylic acids is 2. The molecule has 154 valence electrons. The van der Waals surface area contributed by atoms with Gasteiger partial charge in [-0.3, -0.25) is 9.59 Å². The van der Waals surface area contributed by atoms with Crippen molar-refractivity contribution in [2.45, 2.75) is 39.2 Å². The number of carbonyl (C=O) groups is 2. The number of rotatable bonds is 7. The minimum atomic E-state index is -0.0524. The Bertz CT molecular complexity index is 795. The lowest BCUT2D eigenvalue weighted by Gasteiger charge is -2.32. The summed E-state index contributed by atoms with van der Waals surface area (Å²) in [6.07, 6.45) is 2.54. The molecule has 0 bridgehead atoms. The van der Waals surface area contributed by atoms with Crippen LogP contribution in [-0.4, -0.2) is 42.5 Å². The lowest BCUT2D eigenvalue weighted by molar-refractivity contribution is 0.0698. The molecule has 1 fully saturated rings. The molecule has 1 heterocycles. The van der Waals surface area contributed by atoms with Crippen LogP contribution in [0.25, 0.3) is 0 Å². The topological polar surface area (TPSA) is 58.6 Å². The molecule has 0 saturated carbocycles. The molecule has 2 aromatic carbocycles. The number of piperidine rings is 1. The van der Waals surface area contributed by atoms with E-state index in [0.717, 1.165) is 25.0 Å². The number of hydrogen-bond acceptors (Lipinski definition) is 3. The second-order valence-corrected chi connectivity index (χ2v) is 7.96. The normalized spacial score (nSPS) is 14.7. The predicted octanol–water partition coefficient (Wildman–Crippen LogP) is 4.15. The highest BCUT2D eigenvalue weighted by atomic mass is 16.5. The Morgan fingerprint density at radius 1 is 1.00 bits per heavy atom. The Kier molecular flexibility index (Phi) is 7.28. The largest absolute Gasteiger partial charge is 0.494 e. The number of nitrogens with zero attached hydrogens (tertiary/aromatic N) is 1. The molecule has 2 amide bonds. The number of nitrogens with one attached hydrogen (secondary N) is 1. The third-order valence-electron chi connectivity index (χ3n) is 5.22. The van der Waals surface area contributed by atoms with E-state index in [4.69, 9.17) is 4.74 Å². The van der Waals surface area contributed by atoms with Crippen LogP contribution in [-0.2, 0) is 0 Å². The summed E-state index contributed by atoms with van der Waals surface area (Å²) in [5.41, 5.74) is 1.34. The van der Waals surface area contributed by atoms with Crippen LogP contribution in [0.5, 0.6) is 5.75 Å². The molecule has 1 aliphatic rings. The molecule has 29 heavy (non-hydrogen) atoms. The van der Waals surface area contributed by atoms with E-state index < -0.39 is 0 Å². The fourth-order valence-electron chi connectivity index (χ4n) is 3.37. The van der Waals surface area contributed by atoms with Crippen molar-refractivity contribution in [2.75, 3.05) is 19.7 Å². The second kappa shape index (κ2) is 10.1. The minimum Gasteiger partial charge on any atom is -0.494 e. The van der Waals surface area contributed by atoms with Gasteiger partial charge in [-0.25, -0.2) is 0 Å². The van der Waals surface area contributed by atoms with Crippen LogP contribution < -0.4 is 10.1 Å². The Hall–Kier alpha value is -2.82. The van der Waals surface area contributed by atoms with Gasteiger partial charge >= 0.3 is 0 Å². The van der Waals surface area contributed by atoms with Crippen molar-refractivity contribution >= 4 is 11.8 Å². The van der Waals surface area contributed by atoms with Crippen molar-refractivity contribution in [3.8, 4) is 5.75 Å². The lowest BCUT2D eigenvalue weighted by Crippen LogP contribution is -2.46. The monoisotopic (exact) mass is 394 g/mol. The van der Waals surface area contributed by atoms with Crippen LogP contribution in [0.4, 0.5) is 0 Å². The molecule has 0 spiro atoms. The zero-order valence-corrected chi connectivity index (χ0v) is 17.3. The average molecular weight is 395 g/mol. The molecule has 1 saturated heterocycles. The summed E-state index contributed by atoms with van der Waals surface area (Å²) in [5, 5.41) is 3.08. The van der Waals surface area contributed by atoms with Gasteiger partial charge in [0.25, 0.3) is 11.8 Å². The smallest absolute Gasteiger partial charge is 0.253 e. The molecule has 0 aromatic heterocycles. The second-order valence-electron chi connectivity index (χ2n) is 7.96. The standard InChI is InChI=1S/C24H30N2O3/c1-18(2)14-17-29-22-10-8-20(9-11-22)24(28)26-15-12-21(13-16-26)25-23(27)19-6-4-3-5-7-19/h3-11,18,21H,12-17H2,1-2H3,(H,25,27). The Labute approximate surface area is 173 Å². The molecule has 2 aromatic rings. The fraction of sp³-hybridized carbons (Fsp3) is 0.417. The first kappa shape index (κ1) is 20.9. The van der Waals surface area contributed by atoms with Crippen molar-refractivity contribution in [1.82, 2.24) is 10.2 Å². The van der Waals surface area contributed by atoms with Gasteiger partial charge in [0.05, 0.1) is 6.61 Å². The third-order valence-corrected chi connectivity index (χ3v) is 5.22. The van der Waals surface area contributed by atoms with Crippen molar-refractivity contribution < 1.29 is 14.3 Å². The molecule has 1 aliphatic heterocycles. The molecule has 0 unspecified atom stereocenters. The van der Waals surface area contributed by atoms with Crippen LogP contribution >= 0.6 is 0 Å². The van der Waals surface area contributed by atoms with E-state index >= 15 is 0 Å². The van der Waals surface area contributed by atoms with Crippen LogP contribution in [0.3, 0.4) is 0 Å². The first-order valence-electron chi connectivity index (χ1n) is 10.4. The van der Waals surface area contributed by atoms with E-state index in [1.165, 1.54) is 0 Å². The first-order chi connectivity index (χ1) is 14.0. The van der Waals surface area contributed by atoms with Crippen molar-refractivity contribution in [1.29, 1.82) is 0 Å². The van der Waals surface area contributed by atoms with Gasteiger partial charge in [-0.05, 0) is 61.6 Å². The molecule has 5 heteroatoms. The van der Waals surface area contributed by atoms with Gasteiger partial charge in [-0.2, -0.15) is 0 Å². The maximum absolute atomic E-state index is 12.8. The molecular formula is C24H30N2O3. The zero-order valence-electron chi connectivity index (χ0n) is 17.3. The Morgan fingerprint density at radius 2 is 1.66 bits per heavy atom. The predicted molar refractivity (Wildman–Crippen MR) is 114 cm³/mol. The quantitative estimate of drug-likeness (QED) is 0.768. The van der Waals surface area contributed by atoms with Gasteiger partial charge in [-0.1, -0.05) is 32.0 Å². The third kappa shape index (κ3) is 6.08. The van der Waals surface area contributed by atoms with Crippen LogP contribution in [0, 0.1) is 5.92 Å². The summed E-state index contributed by atoms with van der Waals surface area (Å²) in [4.78, 5) is 26.9. The summed E-state index contributed by atoms with van der Waals surface area (Å²) in [5.74, 6) is 1.38. The molecule has 0 atom stereocenters. The van der Waals surface area contributed by atoms with Gasteiger partial charge < -0.3 is 15.0 Å². The number of hydrogen-bond donors (Lipinski definition) is 1. The fourth-order valence-corrected chi connectivity index (χ4v) is 3.37. The SMILES string of the molecule is CC(C)CCOc1ccc(C(=O)N2CCC(NC(=O)c3ccccc3)CC2)cc1. The van der Waals surface area contributed by atoms with Crippen LogP contribution in [0.1, 0.15) is 53.8 Å². The summed E-state index contributed by atoms with van der Waals surface area (Å²) in [6.45, 7) is 6.31. The average Bonchev–Trinajstić information content (AvgIpc) is 2.74. The molecule has 5 nitrogen and oxygen atoms in total. The Balaban J connectivity index is 1.46. The van der Waals surface area contributed by atoms with Crippen molar-refractivity contribution in [3.05, 3.63) is 65.7 Å². The molecule has 0 aliphatic carbocycles. The molecular weight excluding hydrogens is 364 g/mol. The van der Waals surface area contributed by atoms with Crippen LogP contribution in [0.15, 0.2) is 54.6 Å². The first-order valence-corrected chi connectivity index (χ1v) is 10.4. The maximum atomic E-state index is 12.8. The minimum absolute atomic E-state index is 0.0339. The number of ether oxygens (including phenoxy) is 1. The summed E-state index contributed by atoms with van der Waals surface area (Å²) in [7, 11) is 0. The number of benzene rings is 2. The highest BCUT2D eigenvalue weighted by Gasteiger charge is 2.24. The van der Waals surface area contributed by atoms with E-state index in [-0.39, 0.29) is 17.9 Å². The highest BCUT2D eigenvalue weighted by molar-refractivity contribution is 5.95. The Morgan fingerprint density at radius 3 is 2.28 bits per heavy atom. The van der Waals surface area contributed by atoms with Gasteiger partial charge in [0.2, 0.25) is 0 Å². The van der Waals surface area contributed by atoms with Gasteiger partial charge in [-0.15, -0.1) is 0 Å². The molecule has 0 radical (unpaired) electrons. The lowest BCUT2D eigenvalue weighted by atomic mass is 10.0. The van der Waals surface area contributed by atoms with E-state index in [2.05, 4.69) is 19.2 Å². The van der Waals surface area contributed by atoms with E-state index in [1.54, 1.807) is 0 Å². The molecule has 1 N–H and O–H groups in total. The van der Waals surface area contributed by atoms with E-state index in [1.807, 2.05) is 59.5 Å². The van der Waals surface area contributed by atoms with Gasteiger partial charge in [0.1, 0.15) is 5.75 Å². The van der Waals surface area contributed by atoms with Crippen molar-refractivity contribution in [2.24, 2.45) is 5.92 Å². The van der Waals surface area contributed by atoms with E-state index in [0.29, 0.717) is 36.7 Å². The number of amides is 2. The summed E-state index contributed by atoms with van der Waals surface area (Å²) in [6, 6.07) is 16.7. The maximum Gasteiger partial charge on any atom is 0.253 e. The van der Waals surface area contributed by atoms with Crippen molar-refractivity contribution in [3.63, 3.8) is 0 Å². The molecule has 3 rings (SSSR count). The van der Waals surface area contributed by atoms with Gasteiger partial charge in [0, 0.05) is 30.3 Å². The summed E-state index contributed by atoms with van der Waals surface area (Å²) < 4.78 is 5.72. The summed E-state index contributed by atoms with van der Waals surface area (Å²) >= 11 is 0. The van der Waals surface area contributed by atoms with Crippen LogP contribution in [0.2, 0.25) is 0 Å². The van der Waals surface area contributed by atoms with E-state index in [9.17, 15) is 9.59 Å². The zero-order chi connectivity index (χ0) is 20.6. The number of likely N-dealkylation sites (tertiary alicyclic amines) is 1. The highest BCUT2D eigenvalue weighted by Crippen LogP contribution is 2.18. The van der Waals surface area contributed by atoms with Gasteiger partial charge in [0.15, 0.2) is 0 Å².